The van der Waals surface area contributed by atoms with E-state index < -0.39 is 11.9 Å². The Morgan fingerprint density at radius 1 is 1.08 bits per heavy atom. The van der Waals surface area contributed by atoms with Crippen LogP contribution in [0.5, 0.6) is 5.75 Å². The quantitative estimate of drug-likeness (QED) is 0.809. The average Bonchev–Trinajstić information content (AvgIpc) is 2.59. The van der Waals surface area contributed by atoms with E-state index in [0.717, 1.165) is 12.0 Å². The van der Waals surface area contributed by atoms with Crippen LogP contribution in [0.4, 0.5) is 4.39 Å². The Morgan fingerprint density at radius 2 is 1.75 bits per heavy atom. The van der Waals surface area contributed by atoms with Crippen molar-refractivity contribution in [3.63, 3.8) is 0 Å². The third kappa shape index (κ3) is 4.57. The number of nitrogens with one attached hydrogen (secondary N) is 1. The van der Waals surface area contributed by atoms with Gasteiger partial charge in [-0.15, -0.1) is 0 Å². The zero-order chi connectivity index (χ0) is 17.5. The largest absolute Gasteiger partial charge is 0.478 e. The van der Waals surface area contributed by atoms with Crippen LogP contribution >= 0.6 is 0 Å². The maximum Gasteiger partial charge on any atom is 0.261 e. The molecule has 0 aliphatic rings. The fourth-order valence-corrected chi connectivity index (χ4v) is 2.50. The van der Waals surface area contributed by atoms with Gasteiger partial charge < -0.3 is 10.1 Å². The predicted molar refractivity (Wildman–Crippen MR) is 93.5 cm³/mol. The number of aryl methyl sites for hydroxylation is 1. The molecule has 128 valence electrons. The minimum atomic E-state index is -0.721. The highest BCUT2D eigenvalue weighted by Crippen LogP contribution is 2.20. The average molecular weight is 329 g/mol. The highest BCUT2D eigenvalue weighted by Gasteiger charge is 2.22. The lowest BCUT2D eigenvalue weighted by Gasteiger charge is -2.22. The molecule has 3 nitrogen and oxygen atoms in total. The molecule has 0 aliphatic carbocycles. The van der Waals surface area contributed by atoms with Crippen molar-refractivity contribution >= 4 is 5.91 Å². The number of carbonyl (C=O) groups is 1. The number of amides is 1. The molecule has 0 bridgehead atoms. The Labute approximate surface area is 142 Å². The Balaban J connectivity index is 2.07. The fourth-order valence-electron chi connectivity index (χ4n) is 2.50. The lowest BCUT2D eigenvalue weighted by Crippen LogP contribution is -2.40. The molecule has 0 unspecified atom stereocenters. The molecule has 2 aromatic carbocycles. The summed E-state index contributed by atoms with van der Waals surface area (Å²) in [6.07, 6.45) is 0.511. The molecule has 24 heavy (non-hydrogen) atoms. The second-order valence-electron chi connectivity index (χ2n) is 5.83. The number of halogens is 1. The van der Waals surface area contributed by atoms with E-state index in [0.29, 0.717) is 6.42 Å². The monoisotopic (exact) mass is 329 g/mol. The van der Waals surface area contributed by atoms with Crippen LogP contribution in [0.1, 0.15) is 43.9 Å². The van der Waals surface area contributed by atoms with E-state index >= 15 is 0 Å². The number of rotatable bonds is 7. The Kier molecular flexibility index (Phi) is 6.36. The first-order valence-corrected chi connectivity index (χ1v) is 8.33. The van der Waals surface area contributed by atoms with E-state index in [1.54, 1.807) is 12.1 Å². The van der Waals surface area contributed by atoms with Crippen LogP contribution in [0, 0.1) is 12.7 Å². The molecule has 0 fully saturated rings. The second-order valence-corrected chi connectivity index (χ2v) is 5.83. The standard InChI is InChI=1S/C20H24FNO2/c1-4-17(15-12-10-14(3)11-13-15)22-20(23)18(5-2)24-19-9-7-6-8-16(19)21/h6-13,17-18H,4-5H2,1-3H3,(H,22,23)/t17-,18+/m0/s1. The third-order valence-corrected chi connectivity index (χ3v) is 3.97. The summed E-state index contributed by atoms with van der Waals surface area (Å²) < 4.78 is 19.3. The second kappa shape index (κ2) is 8.48. The number of hydrogen-bond donors (Lipinski definition) is 1. The van der Waals surface area contributed by atoms with Gasteiger partial charge in [0.2, 0.25) is 0 Å². The first kappa shape index (κ1) is 18.0. The molecule has 0 saturated heterocycles. The normalized spacial score (nSPS) is 13.2. The molecule has 0 aliphatic heterocycles. The van der Waals surface area contributed by atoms with Gasteiger partial charge in [-0.05, 0) is 37.5 Å². The molecule has 0 heterocycles. The topological polar surface area (TPSA) is 38.3 Å². The van der Waals surface area contributed by atoms with E-state index in [1.807, 2.05) is 45.0 Å². The number of benzene rings is 2. The maximum atomic E-state index is 13.7. The van der Waals surface area contributed by atoms with Crippen LogP contribution in [0.25, 0.3) is 0 Å². The Hall–Kier alpha value is -2.36. The van der Waals surface area contributed by atoms with Crippen LogP contribution < -0.4 is 10.1 Å². The van der Waals surface area contributed by atoms with E-state index in [-0.39, 0.29) is 17.7 Å². The summed E-state index contributed by atoms with van der Waals surface area (Å²) in [6.45, 7) is 5.89. The molecule has 0 spiro atoms. The van der Waals surface area contributed by atoms with Crippen LogP contribution in [-0.4, -0.2) is 12.0 Å². The summed E-state index contributed by atoms with van der Waals surface area (Å²) >= 11 is 0. The van der Waals surface area contributed by atoms with Gasteiger partial charge >= 0.3 is 0 Å². The molecule has 4 heteroatoms. The minimum absolute atomic E-state index is 0.0867. The van der Waals surface area contributed by atoms with Gasteiger partial charge in [0.05, 0.1) is 6.04 Å². The summed E-state index contributed by atoms with van der Waals surface area (Å²) in [7, 11) is 0. The Bertz CT molecular complexity index is 670. The molecule has 2 rings (SSSR count). The number of ether oxygens (including phenoxy) is 1. The minimum Gasteiger partial charge on any atom is -0.478 e. The van der Waals surface area contributed by atoms with Crippen molar-refractivity contribution in [2.75, 3.05) is 0 Å². The van der Waals surface area contributed by atoms with Crippen LogP contribution in [0.2, 0.25) is 0 Å². The zero-order valence-electron chi connectivity index (χ0n) is 14.4. The van der Waals surface area contributed by atoms with E-state index in [4.69, 9.17) is 4.74 Å². The van der Waals surface area contributed by atoms with Crippen molar-refractivity contribution in [2.24, 2.45) is 0 Å². The van der Waals surface area contributed by atoms with E-state index in [1.165, 1.54) is 17.7 Å². The van der Waals surface area contributed by atoms with Gasteiger partial charge in [-0.25, -0.2) is 4.39 Å². The van der Waals surface area contributed by atoms with Gasteiger partial charge in [0.15, 0.2) is 17.7 Å². The smallest absolute Gasteiger partial charge is 0.261 e. The highest BCUT2D eigenvalue weighted by molar-refractivity contribution is 5.81. The lowest BCUT2D eigenvalue weighted by molar-refractivity contribution is -0.129. The molecular weight excluding hydrogens is 305 g/mol. The SMILES string of the molecule is CC[C@H](NC(=O)[C@@H](CC)Oc1ccccc1F)c1ccc(C)cc1. The van der Waals surface area contributed by atoms with Gasteiger partial charge in [-0.1, -0.05) is 55.8 Å². The summed E-state index contributed by atoms with van der Waals surface area (Å²) in [5.74, 6) is -0.592. The first-order valence-electron chi connectivity index (χ1n) is 8.33. The third-order valence-electron chi connectivity index (χ3n) is 3.97. The highest BCUT2D eigenvalue weighted by atomic mass is 19.1. The van der Waals surface area contributed by atoms with E-state index in [2.05, 4.69) is 5.32 Å². The molecule has 0 saturated carbocycles. The fraction of sp³-hybridized carbons (Fsp3) is 0.350. The molecule has 1 N–H and O–H groups in total. The van der Waals surface area contributed by atoms with Gasteiger partial charge in [0.25, 0.3) is 5.91 Å². The number of carbonyl (C=O) groups excluding carboxylic acids is 1. The summed E-state index contributed by atoms with van der Waals surface area (Å²) in [5, 5.41) is 3.01. The lowest BCUT2D eigenvalue weighted by atomic mass is 10.0. The zero-order valence-corrected chi connectivity index (χ0v) is 14.4. The van der Waals surface area contributed by atoms with Crippen molar-refractivity contribution in [3.05, 3.63) is 65.5 Å². The number of hydrogen-bond acceptors (Lipinski definition) is 2. The molecule has 2 atom stereocenters. The summed E-state index contributed by atoms with van der Waals surface area (Å²) in [5.41, 5.74) is 2.23. The van der Waals surface area contributed by atoms with Crippen molar-refractivity contribution in [1.82, 2.24) is 5.32 Å². The number of para-hydroxylation sites is 1. The van der Waals surface area contributed by atoms with Crippen molar-refractivity contribution in [2.45, 2.75) is 45.8 Å². The van der Waals surface area contributed by atoms with Gasteiger partial charge in [0.1, 0.15) is 0 Å². The molecule has 0 radical (unpaired) electrons. The Morgan fingerprint density at radius 3 is 2.33 bits per heavy atom. The van der Waals surface area contributed by atoms with Gasteiger partial charge in [0, 0.05) is 0 Å². The van der Waals surface area contributed by atoms with Crippen molar-refractivity contribution in [1.29, 1.82) is 0 Å². The first-order chi connectivity index (χ1) is 11.5. The molecule has 2 aromatic rings. The van der Waals surface area contributed by atoms with Gasteiger partial charge in [-0.2, -0.15) is 0 Å². The predicted octanol–water partition coefficient (Wildman–Crippen LogP) is 4.56. The molecule has 0 aromatic heterocycles. The summed E-state index contributed by atoms with van der Waals surface area (Å²) in [4.78, 5) is 12.5. The van der Waals surface area contributed by atoms with Crippen molar-refractivity contribution in [3.8, 4) is 5.75 Å². The van der Waals surface area contributed by atoms with Crippen LogP contribution in [0.15, 0.2) is 48.5 Å². The van der Waals surface area contributed by atoms with Crippen LogP contribution in [0.3, 0.4) is 0 Å². The van der Waals surface area contributed by atoms with E-state index in [9.17, 15) is 9.18 Å². The molecular formula is C20H24FNO2. The molecule has 1 amide bonds. The van der Waals surface area contributed by atoms with Crippen LogP contribution in [-0.2, 0) is 4.79 Å². The maximum absolute atomic E-state index is 13.7. The van der Waals surface area contributed by atoms with Gasteiger partial charge in [-0.3, -0.25) is 4.79 Å². The van der Waals surface area contributed by atoms with Crippen molar-refractivity contribution < 1.29 is 13.9 Å². The summed E-state index contributed by atoms with van der Waals surface area (Å²) in [6, 6.07) is 14.1.